The number of nitrogens with zero attached hydrogens (tertiary/aromatic N) is 5. The van der Waals surface area contributed by atoms with Gasteiger partial charge >= 0.3 is 0 Å². The van der Waals surface area contributed by atoms with Crippen LogP contribution in [0.25, 0.3) is 15.9 Å². The van der Waals surface area contributed by atoms with Crippen molar-refractivity contribution >= 4 is 42.5 Å². The van der Waals surface area contributed by atoms with Crippen molar-refractivity contribution < 1.29 is 16.8 Å². The van der Waals surface area contributed by atoms with Gasteiger partial charge in [-0.15, -0.1) is 0 Å². The van der Waals surface area contributed by atoms with Gasteiger partial charge in [-0.25, -0.2) is 34.9 Å². The van der Waals surface area contributed by atoms with Gasteiger partial charge in [-0.3, -0.25) is 0 Å². The summed E-state index contributed by atoms with van der Waals surface area (Å²) in [5.74, 6) is 0.659. The fourth-order valence-corrected chi connectivity index (χ4v) is 9.46. The van der Waals surface area contributed by atoms with E-state index in [4.69, 9.17) is 6.57 Å². The average Bonchev–Trinajstić information content (AvgIpc) is 3.61. The molecule has 1 atom stereocenters. The molecule has 2 aliphatic rings. The average molecular weight is 585 g/mol. The van der Waals surface area contributed by atoms with Gasteiger partial charge in [-0.05, 0) is 75.7 Å². The Labute approximate surface area is 236 Å². The molecule has 5 rings (SSSR count). The molecule has 2 fully saturated rings. The summed E-state index contributed by atoms with van der Waals surface area (Å²) in [6.07, 6.45) is 6.99. The smallest absolute Gasteiger partial charge is 0.269 e. The van der Waals surface area contributed by atoms with Crippen LogP contribution < -0.4 is 10.2 Å². The summed E-state index contributed by atoms with van der Waals surface area (Å²) in [5.41, 5.74) is 1.30. The zero-order valence-electron chi connectivity index (χ0n) is 22.9. The maximum absolute atomic E-state index is 13.3. The number of pyridine rings is 1. The molecule has 1 saturated heterocycles. The minimum absolute atomic E-state index is 0.103. The lowest BCUT2D eigenvalue weighted by molar-refractivity contribution is 0.336. The molecular weight excluding hydrogens is 548 g/mol. The molecule has 2 aromatic heterocycles. The molecule has 0 radical (unpaired) electrons. The number of anilines is 1. The maximum atomic E-state index is 13.3. The fraction of sp³-hybridized carbons (Fsp3) is 0.500. The second kappa shape index (κ2) is 11.5. The molecule has 1 aliphatic carbocycles. The lowest BCUT2D eigenvalue weighted by Gasteiger charge is -2.37. The number of hydrogen-bond donors (Lipinski definition) is 1. The molecule has 0 bridgehead atoms. The van der Waals surface area contributed by atoms with E-state index in [9.17, 15) is 16.8 Å². The first-order chi connectivity index (χ1) is 19.2. The molecular formula is C28H36N6O4S2. The van der Waals surface area contributed by atoms with Gasteiger partial charge in [0, 0.05) is 44.0 Å². The molecule has 10 nitrogen and oxygen atoms in total. The van der Waals surface area contributed by atoms with Gasteiger partial charge < -0.3 is 10.2 Å². The molecule has 40 heavy (non-hydrogen) atoms. The highest BCUT2D eigenvalue weighted by Gasteiger charge is 2.35. The van der Waals surface area contributed by atoms with E-state index in [1.165, 1.54) is 16.4 Å². The molecule has 12 heteroatoms. The Hall–Kier alpha value is -2.98. The molecule has 1 aliphatic heterocycles. The third kappa shape index (κ3) is 5.48. The zero-order chi connectivity index (χ0) is 28.5. The highest BCUT2D eigenvalue weighted by Crippen LogP contribution is 2.40. The summed E-state index contributed by atoms with van der Waals surface area (Å²) in [4.78, 5) is 10.3. The first kappa shape index (κ1) is 28.5. The standard InChI is InChI=1S/C28H36N6O4S2/c1-29-17-22-13-15-33(19-22)39(35,36)20-21-9-11-23(12-10-21)32(3)27-25-14-16-34(28(25)31-18-26(27)30-2)40(37,38)24-7-5-4-6-8-24/h4-8,14,16,18,21-23,29H,9-13,15,17,19-20H2,1,3H3. The Balaban J connectivity index is 1.32. The van der Waals surface area contributed by atoms with Gasteiger partial charge in [0.2, 0.25) is 15.7 Å². The Bertz CT molecular complexity index is 1610. The lowest BCUT2D eigenvalue weighted by atomic mass is 9.86. The maximum Gasteiger partial charge on any atom is 0.269 e. The van der Waals surface area contributed by atoms with Crippen LogP contribution in [0.3, 0.4) is 0 Å². The Kier molecular flexibility index (Phi) is 8.20. The van der Waals surface area contributed by atoms with E-state index in [-0.39, 0.29) is 28.3 Å². The van der Waals surface area contributed by atoms with Crippen molar-refractivity contribution in [3.8, 4) is 0 Å². The van der Waals surface area contributed by atoms with Crippen molar-refractivity contribution in [1.82, 2.24) is 18.6 Å². The van der Waals surface area contributed by atoms with Gasteiger partial charge in [0.25, 0.3) is 10.0 Å². The van der Waals surface area contributed by atoms with Gasteiger partial charge in [0.1, 0.15) is 0 Å². The molecule has 0 amide bonds. The predicted molar refractivity (Wildman–Crippen MR) is 157 cm³/mol. The second-order valence-electron chi connectivity index (χ2n) is 10.9. The number of nitrogens with one attached hydrogen (secondary N) is 1. The van der Waals surface area contributed by atoms with Gasteiger partial charge in [0.05, 0.1) is 22.9 Å². The Morgan fingerprint density at radius 2 is 1.77 bits per heavy atom. The van der Waals surface area contributed by atoms with Crippen LogP contribution in [0, 0.1) is 18.4 Å². The van der Waals surface area contributed by atoms with Crippen molar-refractivity contribution in [3.05, 3.63) is 60.2 Å². The summed E-state index contributed by atoms with van der Waals surface area (Å²) >= 11 is 0. The van der Waals surface area contributed by atoms with E-state index >= 15 is 0 Å². The van der Waals surface area contributed by atoms with Crippen LogP contribution in [0.2, 0.25) is 0 Å². The van der Waals surface area contributed by atoms with Crippen molar-refractivity contribution in [2.45, 2.75) is 43.0 Å². The van der Waals surface area contributed by atoms with Crippen molar-refractivity contribution in [3.63, 3.8) is 0 Å². The highest BCUT2D eigenvalue weighted by atomic mass is 32.2. The van der Waals surface area contributed by atoms with Crippen LogP contribution in [0.4, 0.5) is 11.4 Å². The number of sulfonamides is 1. The largest absolute Gasteiger partial charge is 0.380 e. The molecule has 0 spiro atoms. The van der Waals surface area contributed by atoms with Crippen LogP contribution in [0.15, 0.2) is 53.7 Å². The van der Waals surface area contributed by atoms with Crippen LogP contribution >= 0.6 is 0 Å². The molecule has 1 unspecified atom stereocenters. The third-order valence-corrected chi connectivity index (χ3v) is 12.0. The molecule has 1 saturated carbocycles. The number of benzene rings is 1. The predicted octanol–water partition coefficient (Wildman–Crippen LogP) is 3.69. The van der Waals surface area contributed by atoms with E-state index in [0.29, 0.717) is 35.8 Å². The summed E-state index contributed by atoms with van der Waals surface area (Å²) < 4.78 is 55.7. The van der Waals surface area contributed by atoms with Gasteiger partial charge in [0.15, 0.2) is 5.65 Å². The van der Waals surface area contributed by atoms with Crippen LogP contribution in [0.5, 0.6) is 0 Å². The minimum Gasteiger partial charge on any atom is -0.380 e. The zero-order valence-corrected chi connectivity index (χ0v) is 24.5. The van der Waals surface area contributed by atoms with Gasteiger partial charge in [-0.1, -0.05) is 18.2 Å². The normalized spacial score (nSPS) is 22.4. The summed E-state index contributed by atoms with van der Waals surface area (Å²) in [5, 5.41) is 3.75. The molecule has 1 N–H and O–H groups in total. The lowest BCUT2D eigenvalue weighted by Crippen LogP contribution is -2.39. The molecule has 3 aromatic rings. The van der Waals surface area contributed by atoms with Crippen LogP contribution in [0.1, 0.15) is 32.1 Å². The molecule has 214 valence electrons. The van der Waals surface area contributed by atoms with Crippen LogP contribution in [-0.2, 0) is 20.0 Å². The van der Waals surface area contributed by atoms with Crippen molar-refractivity contribution in [2.75, 3.05) is 44.4 Å². The van der Waals surface area contributed by atoms with E-state index in [0.717, 1.165) is 38.6 Å². The van der Waals surface area contributed by atoms with E-state index in [1.54, 1.807) is 40.7 Å². The quantitative estimate of drug-likeness (QED) is 0.382. The van der Waals surface area contributed by atoms with E-state index in [2.05, 4.69) is 20.0 Å². The summed E-state index contributed by atoms with van der Waals surface area (Å²) in [6, 6.07) is 10.0. The Morgan fingerprint density at radius 3 is 2.45 bits per heavy atom. The van der Waals surface area contributed by atoms with E-state index in [1.807, 2.05) is 14.1 Å². The first-order valence-corrected chi connectivity index (χ1v) is 16.7. The highest BCUT2D eigenvalue weighted by molar-refractivity contribution is 7.90. The number of fused-ring (bicyclic) bond motifs is 1. The second-order valence-corrected chi connectivity index (χ2v) is 14.7. The SMILES string of the molecule is [C-]#[N+]c1cnc2c(ccn2S(=O)(=O)c2ccccc2)c1N(C)C1CCC(CS(=O)(=O)N2CCC(CNC)C2)CC1. The van der Waals surface area contributed by atoms with Gasteiger partial charge in [-0.2, -0.15) is 0 Å². The number of rotatable bonds is 9. The molecule has 3 heterocycles. The summed E-state index contributed by atoms with van der Waals surface area (Å²) in [6.45, 7) is 9.77. The van der Waals surface area contributed by atoms with Crippen molar-refractivity contribution in [1.29, 1.82) is 0 Å². The third-order valence-electron chi connectivity index (χ3n) is 8.35. The fourth-order valence-electron chi connectivity index (χ4n) is 6.18. The monoisotopic (exact) mass is 584 g/mol. The topological polar surface area (TPSA) is 109 Å². The van der Waals surface area contributed by atoms with Crippen LogP contribution in [-0.4, -0.2) is 75.6 Å². The summed E-state index contributed by atoms with van der Waals surface area (Å²) in [7, 11) is -3.32. The number of aromatic nitrogens is 2. The molecule has 1 aromatic carbocycles. The van der Waals surface area contributed by atoms with E-state index < -0.39 is 20.0 Å². The number of hydrogen-bond acceptors (Lipinski definition) is 7. The first-order valence-electron chi connectivity index (χ1n) is 13.7. The Morgan fingerprint density at radius 1 is 1.05 bits per heavy atom. The van der Waals surface area contributed by atoms with Crippen molar-refractivity contribution in [2.24, 2.45) is 11.8 Å². The minimum atomic E-state index is -3.85.